The van der Waals surface area contributed by atoms with Crippen molar-refractivity contribution in [3.05, 3.63) is 0 Å². The summed E-state index contributed by atoms with van der Waals surface area (Å²) >= 11 is 0. The lowest BCUT2D eigenvalue weighted by atomic mass is 9.94. The molecule has 1 unspecified atom stereocenters. The van der Waals surface area contributed by atoms with Gasteiger partial charge in [-0.25, -0.2) is 0 Å². The van der Waals surface area contributed by atoms with Crippen molar-refractivity contribution >= 4 is 5.91 Å². The van der Waals surface area contributed by atoms with Gasteiger partial charge in [0.1, 0.15) is 0 Å². The molecule has 1 N–H and O–H groups in total. The van der Waals surface area contributed by atoms with Crippen LogP contribution in [0.4, 0.5) is 0 Å². The summed E-state index contributed by atoms with van der Waals surface area (Å²) in [6, 6.07) is 0. The number of carbonyl (C=O) groups excluding carboxylic acids is 1. The molecule has 0 aliphatic carbocycles. The van der Waals surface area contributed by atoms with E-state index in [0.717, 1.165) is 32.0 Å². The van der Waals surface area contributed by atoms with Crippen LogP contribution < -0.4 is 5.32 Å². The van der Waals surface area contributed by atoms with Gasteiger partial charge >= 0.3 is 0 Å². The standard InChI is InChI=1S/C13H25N3O/c1-15-6-3-4-11(10-15)5-7-16(2)13(17)12-8-14-9-12/h11-12,14H,3-10H2,1-2H3. The van der Waals surface area contributed by atoms with Crippen LogP contribution in [0.2, 0.25) is 0 Å². The summed E-state index contributed by atoms with van der Waals surface area (Å²) in [6.45, 7) is 5.10. The van der Waals surface area contributed by atoms with Crippen LogP contribution in [0.25, 0.3) is 0 Å². The lowest BCUT2D eigenvalue weighted by Gasteiger charge is -2.33. The molecule has 0 saturated carbocycles. The Bertz CT molecular complexity index is 265. The number of piperidine rings is 1. The van der Waals surface area contributed by atoms with Gasteiger partial charge in [0.2, 0.25) is 5.91 Å². The molecule has 98 valence electrons. The molecule has 4 nitrogen and oxygen atoms in total. The lowest BCUT2D eigenvalue weighted by Crippen LogP contribution is -2.51. The SMILES string of the molecule is CN1CCCC(CCN(C)C(=O)C2CNC2)C1. The average molecular weight is 239 g/mol. The molecule has 2 aliphatic heterocycles. The maximum Gasteiger partial charge on any atom is 0.227 e. The predicted molar refractivity (Wildman–Crippen MR) is 68.8 cm³/mol. The molecule has 0 aromatic rings. The van der Waals surface area contributed by atoms with E-state index in [0.29, 0.717) is 5.91 Å². The first kappa shape index (κ1) is 12.8. The Morgan fingerprint density at radius 3 is 2.82 bits per heavy atom. The Kier molecular flexibility index (Phi) is 4.40. The van der Waals surface area contributed by atoms with Crippen molar-refractivity contribution in [3.8, 4) is 0 Å². The van der Waals surface area contributed by atoms with Crippen LogP contribution >= 0.6 is 0 Å². The van der Waals surface area contributed by atoms with E-state index < -0.39 is 0 Å². The number of carbonyl (C=O) groups is 1. The number of hydrogen-bond donors (Lipinski definition) is 1. The molecule has 1 atom stereocenters. The monoisotopic (exact) mass is 239 g/mol. The van der Waals surface area contributed by atoms with E-state index in [1.807, 2.05) is 11.9 Å². The van der Waals surface area contributed by atoms with Gasteiger partial charge in [-0.05, 0) is 38.8 Å². The third kappa shape index (κ3) is 3.42. The molecule has 0 aromatic carbocycles. The normalized spacial score (nSPS) is 26.6. The van der Waals surface area contributed by atoms with Crippen LogP contribution in [0.1, 0.15) is 19.3 Å². The van der Waals surface area contributed by atoms with E-state index in [1.165, 1.54) is 25.9 Å². The van der Waals surface area contributed by atoms with Crippen LogP contribution in [0.5, 0.6) is 0 Å². The molecule has 0 spiro atoms. The van der Waals surface area contributed by atoms with Gasteiger partial charge in [0, 0.05) is 33.2 Å². The molecule has 2 heterocycles. The van der Waals surface area contributed by atoms with Gasteiger partial charge in [0.05, 0.1) is 5.92 Å². The Hall–Kier alpha value is -0.610. The van der Waals surface area contributed by atoms with Gasteiger partial charge in [-0.3, -0.25) is 4.79 Å². The van der Waals surface area contributed by atoms with Crippen LogP contribution in [0.15, 0.2) is 0 Å². The first-order chi connectivity index (χ1) is 8.16. The highest BCUT2D eigenvalue weighted by Crippen LogP contribution is 2.19. The molecule has 1 amide bonds. The predicted octanol–water partition coefficient (Wildman–Crippen LogP) is 0.396. The molecule has 2 rings (SSSR count). The minimum Gasteiger partial charge on any atom is -0.345 e. The topological polar surface area (TPSA) is 35.6 Å². The summed E-state index contributed by atoms with van der Waals surface area (Å²) in [7, 11) is 4.15. The van der Waals surface area contributed by atoms with E-state index in [4.69, 9.17) is 0 Å². The Morgan fingerprint density at radius 1 is 1.47 bits per heavy atom. The van der Waals surface area contributed by atoms with Gasteiger partial charge < -0.3 is 15.1 Å². The second-order valence-corrected chi connectivity index (χ2v) is 5.67. The Morgan fingerprint density at radius 2 is 2.24 bits per heavy atom. The van der Waals surface area contributed by atoms with Crippen LogP contribution in [-0.4, -0.2) is 62.5 Å². The van der Waals surface area contributed by atoms with E-state index >= 15 is 0 Å². The van der Waals surface area contributed by atoms with E-state index in [1.54, 1.807) is 0 Å². The van der Waals surface area contributed by atoms with Crippen molar-refractivity contribution in [2.24, 2.45) is 11.8 Å². The van der Waals surface area contributed by atoms with E-state index in [9.17, 15) is 4.79 Å². The first-order valence-electron chi connectivity index (χ1n) is 6.81. The first-order valence-corrected chi connectivity index (χ1v) is 6.81. The zero-order valence-electron chi connectivity index (χ0n) is 11.1. The summed E-state index contributed by atoms with van der Waals surface area (Å²) in [5.74, 6) is 1.35. The molecule has 0 radical (unpaired) electrons. The highest BCUT2D eigenvalue weighted by molar-refractivity contribution is 5.79. The zero-order chi connectivity index (χ0) is 12.3. The van der Waals surface area contributed by atoms with E-state index in [2.05, 4.69) is 17.3 Å². The van der Waals surface area contributed by atoms with Crippen LogP contribution in [0, 0.1) is 11.8 Å². The third-order valence-corrected chi connectivity index (χ3v) is 4.10. The van der Waals surface area contributed by atoms with Gasteiger partial charge in [0.15, 0.2) is 0 Å². The zero-order valence-corrected chi connectivity index (χ0v) is 11.1. The summed E-state index contributed by atoms with van der Waals surface area (Å²) in [5, 5.41) is 3.15. The number of nitrogens with zero attached hydrogens (tertiary/aromatic N) is 2. The van der Waals surface area contributed by atoms with Crippen LogP contribution in [0.3, 0.4) is 0 Å². The summed E-state index contributed by atoms with van der Waals surface area (Å²) < 4.78 is 0. The summed E-state index contributed by atoms with van der Waals surface area (Å²) in [4.78, 5) is 16.3. The molecule has 17 heavy (non-hydrogen) atoms. The van der Waals surface area contributed by atoms with Gasteiger partial charge in [-0.15, -0.1) is 0 Å². The summed E-state index contributed by atoms with van der Waals surface area (Å²) in [5.41, 5.74) is 0. The van der Waals surface area contributed by atoms with Crippen molar-refractivity contribution in [2.45, 2.75) is 19.3 Å². The largest absolute Gasteiger partial charge is 0.345 e. The minimum atomic E-state index is 0.244. The smallest absolute Gasteiger partial charge is 0.227 e. The molecule has 2 saturated heterocycles. The fourth-order valence-electron chi connectivity index (χ4n) is 2.77. The number of nitrogens with one attached hydrogen (secondary N) is 1. The maximum absolute atomic E-state index is 11.9. The Balaban J connectivity index is 1.67. The van der Waals surface area contributed by atoms with E-state index in [-0.39, 0.29) is 5.92 Å². The highest BCUT2D eigenvalue weighted by atomic mass is 16.2. The molecule has 2 fully saturated rings. The van der Waals surface area contributed by atoms with Gasteiger partial charge in [0.25, 0.3) is 0 Å². The fourth-order valence-corrected chi connectivity index (χ4v) is 2.77. The van der Waals surface area contributed by atoms with Crippen molar-refractivity contribution in [1.82, 2.24) is 15.1 Å². The van der Waals surface area contributed by atoms with Crippen LogP contribution in [-0.2, 0) is 4.79 Å². The van der Waals surface area contributed by atoms with Gasteiger partial charge in [-0.1, -0.05) is 0 Å². The number of amides is 1. The van der Waals surface area contributed by atoms with Crippen molar-refractivity contribution in [3.63, 3.8) is 0 Å². The number of rotatable bonds is 4. The summed E-state index contributed by atoms with van der Waals surface area (Å²) in [6.07, 6.45) is 3.80. The molecule has 0 aromatic heterocycles. The quantitative estimate of drug-likeness (QED) is 0.771. The molecular formula is C13H25N3O. The van der Waals surface area contributed by atoms with Crippen molar-refractivity contribution < 1.29 is 4.79 Å². The fraction of sp³-hybridized carbons (Fsp3) is 0.923. The molecule has 4 heteroatoms. The molecular weight excluding hydrogens is 214 g/mol. The minimum absolute atomic E-state index is 0.244. The second kappa shape index (κ2) is 5.83. The van der Waals surface area contributed by atoms with Crippen molar-refractivity contribution in [2.75, 3.05) is 46.8 Å². The number of likely N-dealkylation sites (tertiary alicyclic amines) is 1. The average Bonchev–Trinajstić information content (AvgIpc) is 2.23. The Labute approximate surface area is 104 Å². The highest BCUT2D eigenvalue weighted by Gasteiger charge is 2.27. The third-order valence-electron chi connectivity index (χ3n) is 4.10. The number of hydrogen-bond acceptors (Lipinski definition) is 3. The lowest BCUT2D eigenvalue weighted by molar-refractivity contribution is -0.135. The maximum atomic E-state index is 11.9. The molecule has 0 bridgehead atoms. The van der Waals surface area contributed by atoms with Crippen molar-refractivity contribution in [1.29, 1.82) is 0 Å². The molecule has 2 aliphatic rings. The second-order valence-electron chi connectivity index (χ2n) is 5.67. The van der Waals surface area contributed by atoms with Gasteiger partial charge in [-0.2, -0.15) is 0 Å².